The molecule has 0 amide bonds. The Hall–Kier alpha value is -2.55. The van der Waals surface area contributed by atoms with Crippen molar-refractivity contribution >= 4 is 33.4 Å². The predicted molar refractivity (Wildman–Crippen MR) is 127 cm³/mol. The van der Waals surface area contributed by atoms with Gasteiger partial charge in [-0.2, -0.15) is 8.42 Å². The largest absolute Gasteiger partial charge is 0.383 e. The van der Waals surface area contributed by atoms with E-state index >= 15 is 0 Å². The average molecular weight is 471 g/mol. The highest BCUT2D eigenvalue weighted by atomic mass is 32.2. The van der Waals surface area contributed by atoms with Gasteiger partial charge in [-0.05, 0) is 62.5 Å². The van der Waals surface area contributed by atoms with Crippen molar-refractivity contribution in [2.24, 2.45) is 0 Å². The van der Waals surface area contributed by atoms with Gasteiger partial charge in [-0.1, -0.05) is 35.5 Å². The number of ketones is 1. The molecule has 0 saturated heterocycles. The van der Waals surface area contributed by atoms with Crippen LogP contribution in [0.1, 0.15) is 17.5 Å². The Kier molecular flexibility index (Phi) is 6.46. The normalized spacial score (nSPS) is 15.9. The molecule has 168 valence electrons. The third-order valence-electron chi connectivity index (χ3n) is 5.33. The first-order chi connectivity index (χ1) is 15.2. The maximum absolute atomic E-state index is 12.8. The van der Waals surface area contributed by atoms with Gasteiger partial charge in [0.1, 0.15) is 10.7 Å². The van der Waals surface area contributed by atoms with Gasteiger partial charge in [-0.15, -0.1) is 0 Å². The van der Waals surface area contributed by atoms with Gasteiger partial charge in [0, 0.05) is 30.1 Å². The highest BCUT2D eigenvalue weighted by molar-refractivity contribution is 8.04. The molecular formula is C24H26N2O4S2. The highest BCUT2D eigenvalue weighted by Gasteiger charge is 2.31. The Bertz CT molecular complexity index is 1210. The van der Waals surface area contributed by atoms with Crippen molar-refractivity contribution in [3.8, 4) is 0 Å². The van der Waals surface area contributed by atoms with E-state index in [-0.39, 0.29) is 22.9 Å². The van der Waals surface area contributed by atoms with E-state index in [0.29, 0.717) is 11.3 Å². The maximum atomic E-state index is 12.8. The van der Waals surface area contributed by atoms with E-state index in [1.165, 1.54) is 23.9 Å². The average Bonchev–Trinajstić information content (AvgIpc) is 2.73. The van der Waals surface area contributed by atoms with Crippen molar-refractivity contribution in [3.05, 3.63) is 75.9 Å². The number of anilines is 1. The molecule has 4 rings (SSSR count). The molecule has 1 N–H and O–H groups in total. The molecule has 2 aromatic carbocycles. The second kappa shape index (κ2) is 9.13. The lowest BCUT2D eigenvalue weighted by molar-refractivity contribution is -0.114. The van der Waals surface area contributed by atoms with Crippen LogP contribution in [-0.4, -0.2) is 46.3 Å². The molecule has 0 saturated carbocycles. The molecular weight excluding hydrogens is 444 g/mol. The van der Waals surface area contributed by atoms with Crippen LogP contribution < -0.4 is 5.32 Å². The first-order valence-corrected chi connectivity index (χ1v) is 12.6. The molecule has 1 aliphatic heterocycles. The fraction of sp³-hybridized carbons (Fsp3) is 0.292. The summed E-state index contributed by atoms with van der Waals surface area (Å²) in [5.74, 6) is 0.0506. The van der Waals surface area contributed by atoms with Gasteiger partial charge >= 0.3 is 10.1 Å². The van der Waals surface area contributed by atoms with Crippen LogP contribution in [0.15, 0.2) is 74.6 Å². The number of carbonyl (C=O) groups excluding carboxylic acids is 1. The minimum Gasteiger partial charge on any atom is -0.383 e. The zero-order valence-electron chi connectivity index (χ0n) is 18.3. The fourth-order valence-electron chi connectivity index (χ4n) is 3.65. The van der Waals surface area contributed by atoms with Gasteiger partial charge < -0.3 is 14.4 Å². The van der Waals surface area contributed by atoms with Crippen LogP contribution >= 0.6 is 11.8 Å². The van der Waals surface area contributed by atoms with Crippen molar-refractivity contribution in [2.45, 2.75) is 29.6 Å². The summed E-state index contributed by atoms with van der Waals surface area (Å²) < 4.78 is 30.8. The van der Waals surface area contributed by atoms with Gasteiger partial charge in [0.15, 0.2) is 5.78 Å². The summed E-state index contributed by atoms with van der Waals surface area (Å²) in [6.45, 7) is 3.59. The van der Waals surface area contributed by atoms with Crippen LogP contribution in [0.4, 0.5) is 5.69 Å². The molecule has 2 aromatic rings. The number of allylic oxidation sites excluding steroid dienone is 4. The summed E-state index contributed by atoms with van der Waals surface area (Å²) in [7, 11) is 0.0613. The fourth-order valence-corrected chi connectivity index (χ4v) is 5.73. The number of nitrogens with zero attached hydrogens (tertiary/aromatic N) is 1. The van der Waals surface area contributed by atoms with Crippen LogP contribution in [0.25, 0.3) is 0 Å². The van der Waals surface area contributed by atoms with E-state index in [2.05, 4.69) is 10.2 Å². The molecule has 1 aliphatic carbocycles. The number of thioether (sulfide) groups is 1. The van der Waals surface area contributed by atoms with Crippen molar-refractivity contribution in [1.82, 2.24) is 4.90 Å². The number of hydrogen-bond acceptors (Lipinski definition) is 7. The second-order valence-electron chi connectivity index (χ2n) is 8.21. The predicted octanol–water partition coefficient (Wildman–Crippen LogP) is 4.13. The Morgan fingerprint density at radius 3 is 2.56 bits per heavy atom. The molecule has 6 nitrogen and oxygen atoms in total. The maximum Gasteiger partial charge on any atom is 0.338 e. The lowest BCUT2D eigenvalue weighted by Crippen LogP contribution is -2.22. The molecule has 0 aromatic heterocycles. The molecule has 2 aliphatic rings. The van der Waals surface area contributed by atoms with Gasteiger partial charge in [0.25, 0.3) is 0 Å². The van der Waals surface area contributed by atoms with Crippen molar-refractivity contribution in [1.29, 1.82) is 0 Å². The molecule has 0 fully saturated rings. The molecule has 0 bridgehead atoms. The zero-order valence-corrected chi connectivity index (χ0v) is 20.0. The van der Waals surface area contributed by atoms with Crippen molar-refractivity contribution in [3.63, 3.8) is 0 Å². The van der Waals surface area contributed by atoms with E-state index < -0.39 is 10.1 Å². The molecule has 0 unspecified atom stereocenters. The van der Waals surface area contributed by atoms with Gasteiger partial charge in [0.05, 0.1) is 11.3 Å². The third-order valence-corrected chi connectivity index (χ3v) is 7.91. The smallest absolute Gasteiger partial charge is 0.338 e. The highest BCUT2D eigenvalue weighted by Crippen LogP contribution is 2.45. The number of fused-ring (bicyclic) bond motifs is 1. The van der Waals surface area contributed by atoms with Crippen LogP contribution in [0.5, 0.6) is 0 Å². The van der Waals surface area contributed by atoms with E-state index in [4.69, 9.17) is 4.18 Å². The SMILES string of the molecule is Cc1ccc(S(=O)(=O)OC2=CC3=C(Sc4cccc(NCCN(C)C)c4C3)C(=O)C2)cc1. The van der Waals surface area contributed by atoms with Crippen molar-refractivity contribution in [2.75, 3.05) is 32.5 Å². The summed E-state index contributed by atoms with van der Waals surface area (Å²) in [6, 6.07) is 12.5. The summed E-state index contributed by atoms with van der Waals surface area (Å²) in [5.41, 5.74) is 3.90. The van der Waals surface area contributed by atoms with Gasteiger partial charge in [-0.3, -0.25) is 4.79 Å². The van der Waals surface area contributed by atoms with Gasteiger partial charge in [0.2, 0.25) is 0 Å². The Balaban J connectivity index is 1.57. The van der Waals surface area contributed by atoms with Gasteiger partial charge in [-0.25, -0.2) is 0 Å². The molecule has 1 heterocycles. The number of carbonyl (C=O) groups is 1. The van der Waals surface area contributed by atoms with Crippen LogP contribution in [0, 0.1) is 6.92 Å². The first-order valence-electron chi connectivity index (χ1n) is 10.4. The summed E-state index contributed by atoms with van der Waals surface area (Å²) in [6.07, 6.45) is 2.20. The van der Waals surface area contributed by atoms with E-state index in [1.54, 1.807) is 18.2 Å². The Morgan fingerprint density at radius 2 is 1.84 bits per heavy atom. The summed E-state index contributed by atoms with van der Waals surface area (Å²) >= 11 is 1.45. The number of aryl methyl sites for hydroxylation is 1. The standard InChI is InChI=1S/C24H26N2O4S2/c1-16-7-9-19(10-8-16)32(28,29)30-18-13-17-14-20-21(25-11-12-26(2)3)5-4-6-23(20)31-24(17)22(27)15-18/h4-10,13,25H,11-12,14-15H2,1-3H3. The molecule has 0 spiro atoms. The minimum atomic E-state index is -3.99. The minimum absolute atomic E-state index is 0.0625. The van der Waals surface area contributed by atoms with Crippen LogP contribution in [0.3, 0.4) is 0 Å². The Labute approximate surface area is 193 Å². The number of likely N-dealkylation sites (N-methyl/N-ethyl adjacent to an activating group) is 1. The number of Topliss-reactive ketones (excluding diaryl/α,β-unsaturated/α-hetero) is 1. The lowest BCUT2D eigenvalue weighted by Gasteiger charge is -2.26. The Morgan fingerprint density at radius 1 is 1.09 bits per heavy atom. The molecule has 0 radical (unpaired) electrons. The van der Waals surface area contributed by atoms with E-state index in [1.807, 2.05) is 39.2 Å². The van der Waals surface area contributed by atoms with Crippen molar-refractivity contribution < 1.29 is 17.4 Å². The lowest BCUT2D eigenvalue weighted by atomic mass is 9.96. The van der Waals surface area contributed by atoms with E-state index in [9.17, 15) is 13.2 Å². The second-order valence-corrected chi connectivity index (χ2v) is 10.8. The molecule has 32 heavy (non-hydrogen) atoms. The quantitative estimate of drug-likeness (QED) is 0.610. The molecule has 0 atom stereocenters. The topological polar surface area (TPSA) is 75.7 Å². The van der Waals surface area contributed by atoms with E-state index in [0.717, 1.165) is 40.4 Å². The zero-order chi connectivity index (χ0) is 22.9. The van der Waals surface area contributed by atoms with Crippen LogP contribution in [0.2, 0.25) is 0 Å². The summed E-state index contributed by atoms with van der Waals surface area (Å²) in [4.78, 5) is 16.7. The number of benzene rings is 2. The monoisotopic (exact) mass is 470 g/mol. The third kappa shape index (κ3) is 4.92. The van der Waals surface area contributed by atoms with Crippen LogP contribution in [-0.2, 0) is 25.5 Å². The number of nitrogens with one attached hydrogen (secondary N) is 1. The molecule has 8 heteroatoms. The number of hydrogen-bond donors (Lipinski definition) is 1. The summed E-state index contributed by atoms with van der Waals surface area (Å²) in [5, 5.41) is 3.48. The number of rotatable bonds is 7. The first kappa shape index (κ1) is 22.6.